The molecule has 1 aromatic carbocycles. The first-order chi connectivity index (χ1) is 7.29. The van der Waals surface area contributed by atoms with Crippen molar-refractivity contribution in [2.24, 2.45) is 5.84 Å². The summed E-state index contributed by atoms with van der Waals surface area (Å²) in [6.07, 6.45) is 1.67. The topological polar surface area (TPSA) is 63.8 Å². The quantitative estimate of drug-likeness (QED) is 0.645. The van der Waals surface area contributed by atoms with Gasteiger partial charge in [0.05, 0.1) is 5.69 Å². The van der Waals surface area contributed by atoms with Crippen LogP contribution in [0.15, 0.2) is 41.0 Å². The highest BCUT2D eigenvalue weighted by Crippen LogP contribution is 2.21. The summed E-state index contributed by atoms with van der Waals surface area (Å²) in [5, 5.41) is 0. The van der Waals surface area contributed by atoms with Gasteiger partial charge in [-0.2, -0.15) is 0 Å². The molecule has 0 aliphatic rings. The fourth-order valence-electron chi connectivity index (χ4n) is 1.24. The highest BCUT2D eigenvalue weighted by Gasteiger charge is 2.01. The number of nitrogens with two attached hydrogens (primary N) is 1. The molecule has 0 fully saturated rings. The predicted octanol–water partition coefficient (Wildman–Crippen LogP) is 2.19. The molecule has 0 aliphatic carbocycles. The van der Waals surface area contributed by atoms with Gasteiger partial charge in [-0.15, -0.1) is 0 Å². The summed E-state index contributed by atoms with van der Waals surface area (Å²) in [4.78, 5) is 8.18. The lowest BCUT2D eigenvalue weighted by Crippen LogP contribution is -2.10. The maximum absolute atomic E-state index is 5.24. The average molecular weight is 265 g/mol. The number of hydrazine groups is 1. The number of nitrogen functional groups attached to an aromatic ring is 1. The van der Waals surface area contributed by atoms with Crippen molar-refractivity contribution in [1.82, 2.24) is 9.97 Å². The van der Waals surface area contributed by atoms with Gasteiger partial charge in [0.1, 0.15) is 0 Å². The lowest BCUT2D eigenvalue weighted by Gasteiger charge is -2.03. The number of rotatable bonds is 2. The van der Waals surface area contributed by atoms with Crippen molar-refractivity contribution in [3.63, 3.8) is 0 Å². The predicted molar refractivity (Wildman–Crippen MR) is 63.0 cm³/mol. The molecule has 1 heterocycles. The maximum Gasteiger partial charge on any atom is 0.237 e. The molecule has 4 nitrogen and oxygen atoms in total. The van der Waals surface area contributed by atoms with Crippen LogP contribution in [0.4, 0.5) is 5.95 Å². The van der Waals surface area contributed by atoms with Crippen LogP contribution in [-0.2, 0) is 0 Å². The third kappa shape index (κ3) is 2.31. The van der Waals surface area contributed by atoms with Crippen LogP contribution < -0.4 is 11.3 Å². The molecule has 0 bridgehead atoms. The van der Waals surface area contributed by atoms with E-state index in [0.717, 1.165) is 15.7 Å². The molecule has 2 rings (SSSR count). The SMILES string of the molecule is NNc1nccc(-c2cccc(Br)c2)n1. The van der Waals surface area contributed by atoms with Gasteiger partial charge >= 0.3 is 0 Å². The summed E-state index contributed by atoms with van der Waals surface area (Å²) >= 11 is 3.41. The van der Waals surface area contributed by atoms with E-state index in [1.165, 1.54) is 0 Å². The van der Waals surface area contributed by atoms with Gasteiger partial charge in [0, 0.05) is 16.2 Å². The minimum atomic E-state index is 0.410. The molecule has 15 heavy (non-hydrogen) atoms. The number of nitrogens with one attached hydrogen (secondary N) is 1. The monoisotopic (exact) mass is 264 g/mol. The fourth-order valence-corrected chi connectivity index (χ4v) is 1.64. The standard InChI is InChI=1S/C10H9BrN4/c11-8-3-1-2-7(6-8)9-4-5-13-10(14-9)15-12/h1-6H,12H2,(H,13,14,15). The molecule has 3 N–H and O–H groups in total. The van der Waals surface area contributed by atoms with Gasteiger partial charge in [-0.3, -0.25) is 5.43 Å². The fraction of sp³-hybridized carbons (Fsp3) is 0. The van der Waals surface area contributed by atoms with E-state index in [-0.39, 0.29) is 0 Å². The largest absolute Gasteiger partial charge is 0.292 e. The highest BCUT2D eigenvalue weighted by atomic mass is 79.9. The van der Waals surface area contributed by atoms with Gasteiger partial charge in [0.2, 0.25) is 5.95 Å². The van der Waals surface area contributed by atoms with Crippen molar-refractivity contribution in [3.8, 4) is 11.3 Å². The van der Waals surface area contributed by atoms with Crippen LogP contribution >= 0.6 is 15.9 Å². The van der Waals surface area contributed by atoms with Crippen molar-refractivity contribution in [1.29, 1.82) is 0 Å². The van der Waals surface area contributed by atoms with Crippen LogP contribution in [0.2, 0.25) is 0 Å². The van der Waals surface area contributed by atoms with Crippen molar-refractivity contribution in [2.75, 3.05) is 5.43 Å². The normalized spacial score (nSPS) is 10.0. The van der Waals surface area contributed by atoms with E-state index in [1.807, 2.05) is 30.3 Å². The molecule has 1 aromatic heterocycles. The summed E-state index contributed by atoms with van der Waals surface area (Å²) in [6, 6.07) is 9.72. The number of halogens is 1. The van der Waals surface area contributed by atoms with Gasteiger partial charge in [-0.1, -0.05) is 28.1 Å². The Balaban J connectivity index is 2.44. The Morgan fingerprint density at radius 2 is 2.13 bits per heavy atom. The molecule has 0 spiro atoms. The highest BCUT2D eigenvalue weighted by molar-refractivity contribution is 9.10. The second-order valence-electron chi connectivity index (χ2n) is 2.92. The van der Waals surface area contributed by atoms with Crippen LogP contribution in [-0.4, -0.2) is 9.97 Å². The Hall–Kier alpha value is -1.46. The van der Waals surface area contributed by atoms with Crippen LogP contribution in [0.5, 0.6) is 0 Å². The number of hydrogen-bond acceptors (Lipinski definition) is 4. The first-order valence-electron chi connectivity index (χ1n) is 4.35. The van der Waals surface area contributed by atoms with Crippen LogP contribution in [0.25, 0.3) is 11.3 Å². The molecular weight excluding hydrogens is 256 g/mol. The van der Waals surface area contributed by atoms with Crippen LogP contribution in [0.3, 0.4) is 0 Å². The lowest BCUT2D eigenvalue weighted by atomic mass is 10.1. The smallest absolute Gasteiger partial charge is 0.237 e. The zero-order valence-electron chi connectivity index (χ0n) is 7.81. The zero-order valence-corrected chi connectivity index (χ0v) is 9.40. The van der Waals surface area contributed by atoms with Crippen LogP contribution in [0.1, 0.15) is 0 Å². The molecule has 0 saturated carbocycles. The number of hydrogen-bond donors (Lipinski definition) is 2. The number of aromatic nitrogens is 2. The molecule has 2 aromatic rings. The molecule has 0 radical (unpaired) electrons. The number of benzene rings is 1. The Bertz CT molecular complexity index is 472. The number of anilines is 1. The van der Waals surface area contributed by atoms with Crippen LogP contribution in [0, 0.1) is 0 Å². The summed E-state index contributed by atoms with van der Waals surface area (Å²) in [7, 11) is 0. The van der Waals surface area contributed by atoms with E-state index < -0.39 is 0 Å². The van der Waals surface area contributed by atoms with E-state index in [2.05, 4.69) is 31.3 Å². The van der Waals surface area contributed by atoms with E-state index in [1.54, 1.807) is 6.20 Å². The van der Waals surface area contributed by atoms with Gasteiger partial charge in [-0.25, -0.2) is 15.8 Å². The Kier molecular flexibility index (Phi) is 2.94. The molecule has 0 aliphatic heterocycles. The van der Waals surface area contributed by atoms with E-state index in [0.29, 0.717) is 5.95 Å². The Labute approximate surface area is 95.7 Å². The molecular formula is C10H9BrN4. The van der Waals surface area contributed by atoms with E-state index in [9.17, 15) is 0 Å². The van der Waals surface area contributed by atoms with Gasteiger partial charge < -0.3 is 0 Å². The molecule has 0 atom stereocenters. The zero-order chi connectivity index (χ0) is 10.7. The third-order valence-corrected chi connectivity index (χ3v) is 2.40. The Morgan fingerprint density at radius 3 is 2.87 bits per heavy atom. The summed E-state index contributed by atoms with van der Waals surface area (Å²) in [6.45, 7) is 0. The summed E-state index contributed by atoms with van der Waals surface area (Å²) in [5.74, 6) is 5.65. The lowest BCUT2D eigenvalue weighted by molar-refractivity contribution is 1.12. The van der Waals surface area contributed by atoms with Gasteiger partial charge in [-0.05, 0) is 18.2 Å². The summed E-state index contributed by atoms with van der Waals surface area (Å²) < 4.78 is 1.01. The van der Waals surface area contributed by atoms with Crippen molar-refractivity contribution < 1.29 is 0 Å². The average Bonchev–Trinajstić information content (AvgIpc) is 2.29. The van der Waals surface area contributed by atoms with Crippen molar-refractivity contribution >= 4 is 21.9 Å². The second-order valence-corrected chi connectivity index (χ2v) is 3.84. The van der Waals surface area contributed by atoms with E-state index >= 15 is 0 Å². The molecule has 0 amide bonds. The van der Waals surface area contributed by atoms with Gasteiger partial charge in [0.25, 0.3) is 0 Å². The third-order valence-electron chi connectivity index (χ3n) is 1.91. The van der Waals surface area contributed by atoms with Crippen molar-refractivity contribution in [2.45, 2.75) is 0 Å². The molecule has 0 saturated heterocycles. The second kappa shape index (κ2) is 4.37. The molecule has 76 valence electrons. The molecule has 5 heteroatoms. The number of nitrogens with zero attached hydrogens (tertiary/aromatic N) is 2. The minimum absolute atomic E-state index is 0.410. The minimum Gasteiger partial charge on any atom is -0.292 e. The first kappa shape index (κ1) is 10.1. The maximum atomic E-state index is 5.24. The van der Waals surface area contributed by atoms with E-state index in [4.69, 9.17) is 5.84 Å². The van der Waals surface area contributed by atoms with Gasteiger partial charge in [0.15, 0.2) is 0 Å². The Morgan fingerprint density at radius 1 is 1.27 bits per heavy atom. The van der Waals surface area contributed by atoms with Crippen molar-refractivity contribution in [3.05, 3.63) is 41.0 Å². The first-order valence-corrected chi connectivity index (χ1v) is 5.14. The molecule has 0 unspecified atom stereocenters. The summed E-state index contributed by atoms with van der Waals surface area (Å²) in [5.41, 5.74) is 4.27.